The van der Waals surface area contributed by atoms with Gasteiger partial charge in [-0.3, -0.25) is 29.4 Å². The number of hydrogen-bond donors (Lipinski definition) is 11. The number of hydrogen-bond acceptors (Lipinski definition) is 8. The first kappa shape index (κ1) is 37.6. The number of carbonyl (C=O) groups is 4. The third kappa shape index (κ3) is 18.1. The molecular formula is C24H49N13O5. The van der Waals surface area contributed by atoms with Crippen molar-refractivity contribution < 1.29 is 24.3 Å². The van der Waals surface area contributed by atoms with Crippen LogP contribution in [0.2, 0.25) is 0 Å². The molecule has 0 aromatic rings. The molecule has 0 aliphatic carbocycles. The molecule has 240 valence electrons. The fourth-order valence-corrected chi connectivity index (χ4v) is 3.71. The highest BCUT2D eigenvalue weighted by Gasteiger charge is 2.30. The van der Waals surface area contributed by atoms with Crippen LogP contribution >= 0.6 is 0 Å². The number of nitrogens with zero attached hydrogens (tertiary/aromatic N) is 3. The zero-order valence-corrected chi connectivity index (χ0v) is 24.4. The van der Waals surface area contributed by atoms with Crippen LogP contribution in [0.4, 0.5) is 0 Å². The number of nitrogens with two attached hydrogens (primary N) is 7. The van der Waals surface area contributed by atoms with Gasteiger partial charge in [0.2, 0.25) is 17.7 Å². The van der Waals surface area contributed by atoms with Gasteiger partial charge in [-0.1, -0.05) is 13.8 Å². The standard InChI is InChI=1S/C24H49N13O5/c1-13(2)12-17(37-18(38)14(25)6-3-9-32-22(26)27)20(40)35-15(7-4-10-33-23(28)29)19(39)36-16(21(41)42)8-5-11-34-24(30)31/h13-17H,3-12,25H2,1-2H3,(H,35,40)(H,36,39)(H,37,38)(H,41,42)(H4,26,27,32)(H4,28,29,33)(H4,30,31,34). The van der Waals surface area contributed by atoms with Gasteiger partial charge in [0.25, 0.3) is 0 Å². The summed E-state index contributed by atoms with van der Waals surface area (Å²) >= 11 is 0. The zero-order chi connectivity index (χ0) is 32.2. The first-order valence-electron chi connectivity index (χ1n) is 13.7. The molecule has 18 N–H and O–H groups in total. The Morgan fingerprint density at radius 1 is 0.619 bits per heavy atom. The quantitative estimate of drug-likeness (QED) is 0.0342. The van der Waals surface area contributed by atoms with Crippen LogP contribution in [0.3, 0.4) is 0 Å². The van der Waals surface area contributed by atoms with E-state index in [0.717, 1.165) is 0 Å². The molecule has 0 aliphatic rings. The van der Waals surface area contributed by atoms with Crippen molar-refractivity contribution in [1.29, 1.82) is 0 Å². The Bertz CT molecular complexity index is 958. The van der Waals surface area contributed by atoms with Gasteiger partial charge in [0.05, 0.1) is 6.04 Å². The maximum absolute atomic E-state index is 13.3. The molecule has 0 radical (unpaired) electrons. The smallest absolute Gasteiger partial charge is 0.326 e. The summed E-state index contributed by atoms with van der Waals surface area (Å²) < 4.78 is 0. The molecule has 0 saturated heterocycles. The van der Waals surface area contributed by atoms with Crippen LogP contribution in [0.15, 0.2) is 15.0 Å². The number of amides is 3. The predicted molar refractivity (Wildman–Crippen MR) is 161 cm³/mol. The Hall–Kier alpha value is -4.35. The molecule has 0 spiro atoms. The molecule has 4 unspecified atom stereocenters. The topological polar surface area (TPSA) is 344 Å². The molecule has 0 aromatic carbocycles. The molecule has 3 amide bonds. The van der Waals surface area contributed by atoms with Crippen molar-refractivity contribution in [2.45, 2.75) is 83.0 Å². The second-order valence-electron chi connectivity index (χ2n) is 10.1. The minimum atomic E-state index is -1.27. The summed E-state index contributed by atoms with van der Waals surface area (Å²) in [6.45, 7) is 4.36. The SMILES string of the molecule is CC(C)CC(NC(=O)C(N)CCCN=C(N)N)C(=O)NC(CCCN=C(N)N)C(=O)NC(CCCN=C(N)N)C(=O)O. The number of aliphatic carboxylic acids is 1. The highest BCUT2D eigenvalue weighted by Crippen LogP contribution is 2.09. The first-order valence-corrected chi connectivity index (χ1v) is 13.7. The monoisotopic (exact) mass is 599 g/mol. The van der Waals surface area contributed by atoms with Crippen LogP contribution < -0.4 is 56.1 Å². The fraction of sp³-hybridized carbons (Fsp3) is 0.708. The molecule has 0 bridgehead atoms. The van der Waals surface area contributed by atoms with Crippen LogP contribution in [-0.4, -0.2) is 90.5 Å². The van der Waals surface area contributed by atoms with E-state index in [1.807, 2.05) is 13.8 Å². The summed E-state index contributed by atoms with van der Waals surface area (Å²) in [5.41, 5.74) is 37.8. The zero-order valence-electron chi connectivity index (χ0n) is 24.4. The van der Waals surface area contributed by atoms with E-state index in [0.29, 0.717) is 19.4 Å². The van der Waals surface area contributed by atoms with Crippen LogP contribution in [0.25, 0.3) is 0 Å². The van der Waals surface area contributed by atoms with E-state index in [2.05, 4.69) is 30.9 Å². The van der Waals surface area contributed by atoms with Crippen molar-refractivity contribution in [1.82, 2.24) is 16.0 Å². The summed E-state index contributed by atoms with van der Waals surface area (Å²) in [4.78, 5) is 62.5. The lowest BCUT2D eigenvalue weighted by molar-refractivity contribution is -0.142. The first-order chi connectivity index (χ1) is 19.6. The lowest BCUT2D eigenvalue weighted by Gasteiger charge is -2.26. The van der Waals surface area contributed by atoms with Gasteiger partial charge in [0, 0.05) is 19.6 Å². The van der Waals surface area contributed by atoms with E-state index in [1.165, 1.54) is 0 Å². The van der Waals surface area contributed by atoms with Crippen molar-refractivity contribution in [2.24, 2.45) is 61.0 Å². The maximum Gasteiger partial charge on any atom is 0.326 e. The summed E-state index contributed by atoms with van der Waals surface area (Å²) in [6.07, 6.45) is 1.67. The Balaban J connectivity index is 5.61. The van der Waals surface area contributed by atoms with Gasteiger partial charge in [-0.15, -0.1) is 0 Å². The molecular weight excluding hydrogens is 550 g/mol. The number of carbonyl (C=O) groups excluding carboxylic acids is 3. The van der Waals surface area contributed by atoms with E-state index < -0.39 is 47.9 Å². The minimum Gasteiger partial charge on any atom is -0.480 e. The van der Waals surface area contributed by atoms with E-state index >= 15 is 0 Å². The van der Waals surface area contributed by atoms with E-state index in [1.54, 1.807) is 0 Å². The Morgan fingerprint density at radius 2 is 1.00 bits per heavy atom. The number of guanidine groups is 3. The highest BCUT2D eigenvalue weighted by atomic mass is 16.4. The summed E-state index contributed by atoms with van der Waals surface area (Å²) in [7, 11) is 0. The summed E-state index contributed by atoms with van der Waals surface area (Å²) in [5.74, 6) is -3.53. The predicted octanol–water partition coefficient (Wildman–Crippen LogP) is -3.94. The second-order valence-corrected chi connectivity index (χ2v) is 10.1. The highest BCUT2D eigenvalue weighted by molar-refractivity contribution is 5.94. The van der Waals surface area contributed by atoms with E-state index in [4.69, 9.17) is 40.1 Å². The number of carboxylic acid groups (broad SMARTS) is 1. The van der Waals surface area contributed by atoms with Crippen molar-refractivity contribution in [3.63, 3.8) is 0 Å². The molecule has 4 atom stereocenters. The van der Waals surface area contributed by atoms with Gasteiger partial charge in [0.1, 0.15) is 18.1 Å². The molecule has 0 aromatic heterocycles. The largest absolute Gasteiger partial charge is 0.480 e. The molecule has 18 nitrogen and oxygen atoms in total. The Kier molecular flexibility index (Phi) is 18.4. The number of nitrogens with one attached hydrogen (secondary N) is 3. The lowest BCUT2D eigenvalue weighted by atomic mass is 10.0. The van der Waals surface area contributed by atoms with Gasteiger partial charge >= 0.3 is 5.97 Å². The average molecular weight is 600 g/mol. The molecule has 18 heteroatoms. The summed E-state index contributed by atoms with van der Waals surface area (Å²) in [5, 5.41) is 17.3. The number of carboxylic acids is 1. The van der Waals surface area contributed by atoms with Crippen LogP contribution in [0, 0.1) is 5.92 Å². The molecule has 0 aliphatic heterocycles. The minimum absolute atomic E-state index is 0.00473. The second kappa shape index (κ2) is 20.5. The normalized spacial score (nSPS) is 13.5. The van der Waals surface area contributed by atoms with Gasteiger partial charge in [0.15, 0.2) is 17.9 Å². The van der Waals surface area contributed by atoms with Crippen LogP contribution in [0.5, 0.6) is 0 Å². The van der Waals surface area contributed by atoms with Gasteiger partial charge < -0.3 is 61.2 Å². The van der Waals surface area contributed by atoms with Gasteiger partial charge in [-0.2, -0.15) is 0 Å². The van der Waals surface area contributed by atoms with Crippen molar-refractivity contribution in [2.75, 3.05) is 19.6 Å². The fourth-order valence-electron chi connectivity index (χ4n) is 3.71. The van der Waals surface area contributed by atoms with E-state index in [9.17, 15) is 24.3 Å². The molecule has 0 rings (SSSR count). The molecule has 0 heterocycles. The lowest BCUT2D eigenvalue weighted by Crippen LogP contribution is -2.57. The van der Waals surface area contributed by atoms with Crippen molar-refractivity contribution in [3.8, 4) is 0 Å². The van der Waals surface area contributed by atoms with Crippen molar-refractivity contribution >= 4 is 41.6 Å². The third-order valence-electron chi connectivity index (χ3n) is 5.78. The Labute approximate surface area is 245 Å². The molecule has 0 saturated carbocycles. The average Bonchev–Trinajstić information content (AvgIpc) is 2.88. The van der Waals surface area contributed by atoms with Crippen molar-refractivity contribution in [3.05, 3.63) is 0 Å². The molecule has 0 fully saturated rings. The van der Waals surface area contributed by atoms with Gasteiger partial charge in [-0.05, 0) is 50.9 Å². The van der Waals surface area contributed by atoms with E-state index in [-0.39, 0.29) is 69.0 Å². The Morgan fingerprint density at radius 3 is 1.43 bits per heavy atom. The molecule has 42 heavy (non-hydrogen) atoms. The van der Waals surface area contributed by atoms with Crippen LogP contribution in [-0.2, 0) is 19.2 Å². The number of aliphatic imine (C=N–C) groups is 3. The van der Waals surface area contributed by atoms with Gasteiger partial charge in [-0.25, -0.2) is 4.79 Å². The summed E-state index contributed by atoms with van der Waals surface area (Å²) in [6, 6.07) is -4.34. The maximum atomic E-state index is 13.3. The van der Waals surface area contributed by atoms with Crippen LogP contribution in [0.1, 0.15) is 58.8 Å². The number of rotatable bonds is 21. The third-order valence-corrected chi connectivity index (χ3v) is 5.78.